The number of nitrogens with zero attached hydrogens (tertiary/aromatic N) is 1. The van der Waals surface area contributed by atoms with E-state index in [1.54, 1.807) is 13.8 Å². The third-order valence-corrected chi connectivity index (χ3v) is 6.31. The van der Waals surface area contributed by atoms with E-state index in [2.05, 4.69) is 5.32 Å². The first-order valence-corrected chi connectivity index (χ1v) is 11.6. The summed E-state index contributed by atoms with van der Waals surface area (Å²) in [5, 5.41) is 21.3. The number of morpholine rings is 1. The molecule has 0 spiro atoms. The maximum atomic E-state index is 13.2. The maximum Gasteiger partial charge on any atom is 0.407 e. The fourth-order valence-corrected chi connectivity index (χ4v) is 4.94. The molecule has 2 aromatic rings. The molecule has 2 amide bonds. The lowest BCUT2D eigenvalue weighted by Crippen LogP contribution is -2.59. The standard InChI is InChI=1S/C26H30N2O7/c1-26(2)15-28(12-16(13-29)35-26)24(32)22(11-23(30)31)27-25(33)34-14-21-19-9-5-3-7-17(19)18-8-4-6-10-20(18)21/h3-10,16,21-22,29H,11-15H2,1-2H3,(H,27,33)(H,30,31). The van der Waals surface area contributed by atoms with Crippen molar-refractivity contribution in [3.63, 3.8) is 0 Å². The molecule has 4 rings (SSSR count). The molecule has 186 valence electrons. The highest BCUT2D eigenvalue weighted by Gasteiger charge is 2.39. The SMILES string of the molecule is CC1(C)CN(C(=O)C(CC(=O)O)NC(=O)OCC2c3ccccc3-c3ccccc32)CC(CO)O1. The van der Waals surface area contributed by atoms with Crippen molar-refractivity contribution >= 4 is 18.0 Å². The number of carboxylic acid groups (broad SMARTS) is 1. The average Bonchev–Trinajstić information content (AvgIpc) is 3.14. The number of aliphatic carboxylic acids is 1. The number of fused-ring (bicyclic) bond motifs is 3. The predicted molar refractivity (Wildman–Crippen MR) is 127 cm³/mol. The number of aliphatic hydroxyl groups is 1. The second-order valence-electron chi connectivity index (χ2n) is 9.52. The Balaban J connectivity index is 1.44. The van der Waals surface area contributed by atoms with E-state index in [9.17, 15) is 24.6 Å². The number of hydrogen-bond acceptors (Lipinski definition) is 6. The van der Waals surface area contributed by atoms with Crippen molar-refractivity contribution in [3.05, 3.63) is 59.7 Å². The van der Waals surface area contributed by atoms with Gasteiger partial charge in [-0.15, -0.1) is 0 Å². The van der Waals surface area contributed by atoms with E-state index in [0.717, 1.165) is 22.3 Å². The van der Waals surface area contributed by atoms with Crippen LogP contribution in [0.25, 0.3) is 11.1 Å². The fourth-order valence-electron chi connectivity index (χ4n) is 4.94. The van der Waals surface area contributed by atoms with Crippen LogP contribution < -0.4 is 5.32 Å². The predicted octanol–water partition coefficient (Wildman–Crippen LogP) is 2.37. The first-order valence-electron chi connectivity index (χ1n) is 11.6. The van der Waals surface area contributed by atoms with Gasteiger partial charge in [-0.1, -0.05) is 48.5 Å². The minimum atomic E-state index is -1.31. The number of benzene rings is 2. The Morgan fingerprint density at radius 1 is 1.11 bits per heavy atom. The molecule has 1 aliphatic heterocycles. The highest BCUT2D eigenvalue weighted by Crippen LogP contribution is 2.44. The number of amides is 2. The van der Waals surface area contributed by atoms with Crippen molar-refractivity contribution in [2.45, 2.75) is 43.9 Å². The molecule has 1 heterocycles. The number of nitrogens with one attached hydrogen (secondary N) is 1. The van der Waals surface area contributed by atoms with Crippen molar-refractivity contribution in [1.82, 2.24) is 10.2 Å². The van der Waals surface area contributed by atoms with Crippen LogP contribution in [0.4, 0.5) is 4.79 Å². The molecule has 3 N–H and O–H groups in total. The van der Waals surface area contributed by atoms with E-state index in [4.69, 9.17) is 9.47 Å². The van der Waals surface area contributed by atoms with E-state index < -0.39 is 42.1 Å². The Hall–Kier alpha value is -3.43. The van der Waals surface area contributed by atoms with Crippen molar-refractivity contribution in [2.24, 2.45) is 0 Å². The van der Waals surface area contributed by atoms with Crippen LogP contribution in [0.1, 0.15) is 37.3 Å². The van der Waals surface area contributed by atoms with Gasteiger partial charge in [0.15, 0.2) is 0 Å². The normalized spacial score (nSPS) is 19.4. The summed E-state index contributed by atoms with van der Waals surface area (Å²) in [6.45, 7) is 3.62. The Morgan fingerprint density at radius 2 is 1.71 bits per heavy atom. The summed E-state index contributed by atoms with van der Waals surface area (Å²) < 4.78 is 11.2. The second-order valence-corrected chi connectivity index (χ2v) is 9.52. The van der Waals surface area contributed by atoms with E-state index in [1.807, 2.05) is 48.5 Å². The molecule has 1 saturated heterocycles. The van der Waals surface area contributed by atoms with Gasteiger partial charge in [-0.2, -0.15) is 0 Å². The smallest absolute Gasteiger partial charge is 0.407 e. The van der Waals surface area contributed by atoms with E-state index in [-0.39, 0.29) is 32.2 Å². The molecular weight excluding hydrogens is 452 g/mol. The van der Waals surface area contributed by atoms with Crippen LogP contribution in [0.3, 0.4) is 0 Å². The fraction of sp³-hybridized carbons (Fsp3) is 0.423. The summed E-state index contributed by atoms with van der Waals surface area (Å²) >= 11 is 0. The minimum Gasteiger partial charge on any atom is -0.481 e. The van der Waals surface area contributed by atoms with Crippen molar-refractivity contribution in [3.8, 4) is 11.1 Å². The lowest BCUT2D eigenvalue weighted by atomic mass is 9.98. The lowest BCUT2D eigenvalue weighted by molar-refractivity contribution is -0.169. The molecule has 2 aliphatic rings. The molecule has 9 heteroatoms. The number of aliphatic hydroxyl groups excluding tert-OH is 1. The highest BCUT2D eigenvalue weighted by molar-refractivity contribution is 5.89. The number of ether oxygens (including phenoxy) is 2. The quantitative estimate of drug-likeness (QED) is 0.553. The van der Waals surface area contributed by atoms with Gasteiger partial charge in [0, 0.05) is 19.0 Å². The Labute approximate surface area is 203 Å². The van der Waals surface area contributed by atoms with Crippen LogP contribution in [0.5, 0.6) is 0 Å². The monoisotopic (exact) mass is 482 g/mol. The second kappa shape index (κ2) is 10.1. The van der Waals surface area contributed by atoms with Crippen LogP contribution in [0.15, 0.2) is 48.5 Å². The molecule has 2 aromatic carbocycles. The first-order chi connectivity index (χ1) is 16.7. The van der Waals surface area contributed by atoms with Gasteiger partial charge in [0.1, 0.15) is 12.6 Å². The number of rotatable bonds is 7. The third kappa shape index (κ3) is 5.47. The summed E-state index contributed by atoms with van der Waals surface area (Å²) in [5.74, 6) is -1.95. The van der Waals surface area contributed by atoms with E-state index in [1.165, 1.54) is 4.90 Å². The number of hydrogen-bond donors (Lipinski definition) is 3. The summed E-state index contributed by atoms with van der Waals surface area (Å²) in [7, 11) is 0. The van der Waals surface area contributed by atoms with Gasteiger partial charge < -0.3 is 29.9 Å². The Kier molecular flexibility index (Phi) is 7.09. The molecule has 0 bridgehead atoms. The van der Waals surface area contributed by atoms with Gasteiger partial charge in [0.25, 0.3) is 0 Å². The van der Waals surface area contributed by atoms with Crippen LogP contribution in [-0.4, -0.2) is 77.1 Å². The minimum absolute atomic E-state index is 0.0466. The van der Waals surface area contributed by atoms with Crippen molar-refractivity contribution in [2.75, 3.05) is 26.3 Å². The van der Waals surface area contributed by atoms with Crippen LogP contribution in [0, 0.1) is 0 Å². The molecule has 1 fully saturated rings. The van der Waals surface area contributed by atoms with Gasteiger partial charge in [-0.3, -0.25) is 9.59 Å². The molecule has 0 aromatic heterocycles. The van der Waals surface area contributed by atoms with Crippen LogP contribution in [-0.2, 0) is 19.1 Å². The van der Waals surface area contributed by atoms with Crippen molar-refractivity contribution < 1.29 is 34.1 Å². The Bertz CT molecular complexity index is 1070. The van der Waals surface area contributed by atoms with Gasteiger partial charge in [-0.05, 0) is 36.1 Å². The third-order valence-electron chi connectivity index (χ3n) is 6.31. The first kappa shape index (κ1) is 24.7. The summed E-state index contributed by atoms with van der Waals surface area (Å²) in [6.07, 6.45) is -2.05. The number of alkyl carbamates (subject to hydrolysis) is 1. The summed E-state index contributed by atoms with van der Waals surface area (Å²) in [5.41, 5.74) is 3.54. The Morgan fingerprint density at radius 3 is 2.29 bits per heavy atom. The van der Waals surface area contributed by atoms with Gasteiger partial charge in [0.05, 0.1) is 24.7 Å². The molecule has 0 radical (unpaired) electrons. The molecular formula is C26H30N2O7. The van der Waals surface area contributed by atoms with E-state index in [0.29, 0.717) is 0 Å². The number of carboxylic acids is 1. The highest BCUT2D eigenvalue weighted by atomic mass is 16.5. The van der Waals surface area contributed by atoms with Crippen LogP contribution >= 0.6 is 0 Å². The zero-order valence-corrected chi connectivity index (χ0v) is 19.8. The van der Waals surface area contributed by atoms with Gasteiger partial charge in [-0.25, -0.2) is 4.79 Å². The molecule has 1 aliphatic carbocycles. The van der Waals surface area contributed by atoms with Gasteiger partial charge >= 0.3 is 12.1 Å². The zero-order valence-electron chi connectivity index (χ0n) is 19.8. The number of carbonyl (C=O) groups excluding carboxylic acids is 2. The number of carbonyl (C=O) groups is 3. The maximum absolute atomic E-state index is 13.2. The van der Waals surface area contributed by atoms with Crippen LogP contribution in [0.2, 0.25) is 0 Å². The summed E-state index contributed by atoms with van der Waals surface area (Å²) in [4.78, 5) is 38.7. The van der Waals surface area contributed by atoms with Gasteiger partial charge in [0.2, 0.25) is 5.91 Å². The summed E-state index contributed by atoms with van der Waals surface area (Å²) in [6, 6.07) is 14.5. The topological polar surface area (TPSA) is 125 Å². The molecule has 35 heavy (non-hydrogen) atoms. The lowest BCUT2D eigenvalue weighted by Gasteiger charge is -2.43. The molecule has 9 nitrogen and oxygen atoms in total. The molecule has 0 saturated carbocycles. The van der Waals surface area contributed by atoms with Crippen molar-refractivity contribution in [1.29, 1.82) is 0 Å². The average molecular weight is 483 g/mol. The zero-order chi connectivity index (χ0) is 25.2. The molecule has 2 atom stereocenters. The van der Waals surface area contributed by atoms with E-state index >= 15 is 0 Å². The molecule has 2 unspecified atom stereocenters. The largest absolute Gasteiger partial charge is 0.481 e.